The van der Waals surface area contributed by atoms with E-state index in [-0.39, 0.29) is 35.9 Å². The standard InChI is InChI=1S/C40H49F3O7/c1-3-5-6-7-8-9-10-11-12-13-16-37(44)48-34-25-21-31(22-26-34)30-17-19-32(20-18-30)38(45)49-35-27-23-33(24-28-35)39(46)50-36(40(41,42)43)15-14-29-47-4-2/h17-28,36H,3-16,29H2,1-2H3/t36-/m1/s1. The molecule has 1 atom stereocenters. The lowest BCUT2D eigenvalue weighted by atomic mass is 10.0. The zero-order valence-corrected chi connectivity index (χ0v) is 29.1. The Balaban J connectivity index is 1.42. The molecule has 0 N–H and O–H groups in total. The van der Waals surface area contributed by atoms with Gasteiger partial charge in [-0.2, -0.15) is 13.2 Å². The van der Waals surface area contributed by atoms with Gasteiger partial charge in [-0.15, -0.1) is 0 Å². The van der Waals surface area contributed by atoms with Gasteiger partial charge in [0.05, 0.1) is 11.1 Å². The van der Waals surface area contributed by atoms with E-state index in [1.54, 1.807) is 43.3 Å². The molecular formula is C40H49F3O7. The van der Waals surface area contributed by atoms with Gasteiger partial charge in [0.25, 0.3) is 0 Å². The van der Waals surface area contributed by atoms with Crippen molar-refractivity contribution < 1.29 is 46.5 Å². The van der Waals surface area contributed by atoms with Gasteiger partial charge in [0, 0.05) is 19.6 Å². The molecule has 0 saturated heterocycles. The second-order valence-corrected chi connectivity index (χ2v) is 12.2. The summed E-state index contributed by atoms with van der Waals surface area (Å²) in [7, 11) is 0. The van der Waals surface area contributed by atoms with Crippen LogP contribution in [0.15, 0.2) is 72.8 Å². The topological polar surface area (TPSA) is 88.1 Å². The molecule has 7 nitrogen and oxygen atoms in total. The van der Waals surface area contributed by atoms with E-state index in [1.165, 1.54) is 69.2 Å². The van der Waals surface area contributed by atoms with Gasteiger partial charge in [0.1, 0.15) is 11.5 Å². The number of unbranched alkanes of at least 4 members (excludes halogenated alkanes) is 9. The van der Waals surface area contributed by atoms with Gasteiger partial charge in [-0.3, -0.25) is 4.79 Å². The van der Waals surface area contributed by atoms with E-state index in [0.717, 1.165) is 30.4 Å². The molecule has 0 aliphatic carbocycles. The Morgan fingerprint density at radius 2 is 1.08 bits per heavy atom. The minimum absolute atomic E-state index is 0.0874. The third-order valence-electron chi connectivity index (χ3n) is 8.15. The minimum Gasteiger partial charge on any atom is -0.449 e. The van der Waals surface area contributed by atoms with Crippen molar-refractivity contribution in [3.8, 4) is 22.6 Å². The number of hydrogen-bond donors (Lipinski definition) is 0. The molecule has 0 aliphatic heterocycles. The molecule has 0 spiro atoms. The van der Waals surface area contributed by atoms with Crippen molar-refractivity contribution in [3.05, 3.63) is 83.9 Å². The van der Waals surface area contributed by atoms with E-state index in [1.807, 2.05) is 12.1 Å². The average Bonchev–Trinajstić information content (AvgIpc) is 3.10. The molecule has 0 amide bonds. The molecule has 3 rings (SSSR count). The molecule has 0 bridgehead atoms. The lowest BCUT2D eigenvalue weighted by Crippen LogP contribution is -2.34. The summed E-state index contributed by atoms with van der Waals surface area (Å²) in [4.78, 5) is 37.4. The van der Waals surface area contributed by atoms with Crippen molar-refractivity contribution in [1.82, 2.24) is 0 Å². The minimum atomic E-state index is -4.71. The third kappa shape index (κ3) is 14.7. The van der Waals surface area contributed by atoms with Crippen LogP contribution in [0.2, 0.25) is 0 Å². The zero-order valence-electron chi connectivity index (χ0n) is 29.1. The summed E-state index contributed by atoms with van der Waals surface area (Å²) in [6.45, 7) is 4.48. The fourth-order valence-corrected chi connectivity index (χ4v) is 5.28. The van der Waals surface area contributed by atoms with E-state index in [4.69, 9.17) is 18.9 Å². The number of alkyl halides is 3. The normalized spacial score (nSPS) is 11.9. The highest BCUT2D eigenvalue weighted by Gasteiger charge is 2.42. The Labute approximate surface area is 293 Å². The summed E-state index contributed by atoms with van der Waals surface area (Å²) >= 11 is 0. The summed E-state index contributed by atoms with van der Waals surface area (Å²) in [5.41, 5.74) is 1.87. The molecule has 10 heteroatoms. The van der Waals surface area contributed by atoms with Crippen LogP contribution in [-0.4, -0.2) is 43.4 Å². The summed E-state index contributed by atoms with van der Waals surface area (Å²) in [6, 6.07) is 19.0. The summed E-state index contributed by atoms with van der Waals surface area (Å²) in [5, 5.41) is 0. The van der Waals surface area contributed by atoms with Crippen LogP contribution in [0.3, 0.4) is 0 Å². The molecule has 0 aromatic heterocycles. The summed E-state index contributed by atoms with van der Waals surface area (Å²) in [5.74, 6) is -1.44. The van der Waals surface area contributed by atoms with E-state index in [2.05, 4.69) is 6.92 Å². The van der Waals surface area contributed by atoms with Crippen molar-refractivity contribution in [2.24, 2.45) is 0 Å². The maximum absolute atomic E-state index is 13.4. The Morgan fingerprint density at radius 1 is 0.600 bits per heavy atom. The number of rotatable bonds is 22. The first kappa shape index (κ1) is 40.3. The number of benzene rings is 3. The molecular weight excluding hydrogens is 649 g/mol. The highest BCUT2D eigenvalue weighted by atomic mass is 19.4. The quantitative estimate of drug-likeness (QED) is 0.0586. The lowest BCUT2D eigenvalue weighted by Gasteiger charge is -2.20. The average molecular weight is 699 g/mol. The molecule has 0 fully saturated rings. The smallest absolute Gasteiger partial charge is 0.425 e. The van der Waals surface area contributed by atoms with Gasteiger partial charge in [-0.05, 0) is 85.8 Å². The van der Waals surface area contributed by atoms with E-state index < -0.39 is 30.6 Å². The number of halogens is 3. The molecule has 3 aromatic carbocycles. The van der Waals surface area contributed by atoms with Crippen molar-refractivity contribution in [1.29, 1.82) is 0 Å². The number of hydrogen-bond acceptors (Lipinski definition) is 7. The van der Waals surface area contributed by atoms with E-state index >= 15 is 0 Å². The summed E-state index contributed by atoms with van der Waals surface area (Å²) < 4.78 is 60.7. The van der Waals surface area contributed by atoms with Crippen LogP contribution in [-0.2, 0) is 14.3 Å². The number of carbonyl (C=O) groups is 3. The predicted octanol–water partition coefficient (Wildman–Crippen LogP) is 10.7. The molecule has 3 aromatic rings. The fraction of sp³-hybridized carbons (Fsp3) is 0.475. The predicted molar refractivity (Wildman–Crippen MR) is 186 cm³/mol. The Kier molecular flexibility index (Phi) is 17.6. The van der Waals surface area contributed by atoms with Crippen LogP contribution in [0.25, 0.3) is 11.1 Å². The Bertz CT molecular complexity index is 1440. The van der Waals surface area contributed by atoms with E-state index in [9.17, 15) is 27.6 Å². The van der Waals surface area contributed by atoms with Gasteiger partial charge in [0.15, 0.2) is 6.10 Å². The highest BCUT2D eigenvalue weighted by molar-refractivity contribution is 5.92. The third-order valence-corrected chi connectivity index (χ3v) is 8.15. The Hall–Kier alpha value is -4.18. The van der Waals surface area contributed by atoms with Gasteiger partial charge in [-0.1, -0.05) is 89.0 Å². The molecule has 0 saturated carbocycles. The first-order valence-electron chi connectivity index (χ1n) is 17.7. The van der Waals surface area contributed by atoms with Gasteiger partial charge >= 0.3 is 24.1 Å². The second kappa shape index (κ2) is 21.8. The van der Waals surface area contributed by atoms with Crippen molar-refractivity contribution >= 4 is 17.9 Å². The van der Waals surface area contributed by atoms with Gasteiger partial charge in [0.2, 0.25) is 0 Å². The van der Waals surface area contributed by atoms with Crippen LogP contribution in [0.5, 0.6) is 11.5 Å². The van der Waals surface area contributed by atoms with Crippen molar-refractivity contribution in [2.75, 3.05) is 13.2 Å². The maximum atomic E-state index is 13.4. The van der Waals surface area contributed by atoms with Crippen LogP contribution >= 0.6 is 0 Å². The number of ether oxygens (including phenoxy) is 4. The largest absolute Gasteiger partial charge is 0.449 e. The molecule has 0 aliphatic rings. The zero-order chi connectivity index (χ0) is 36.2. The maximum Gasteiger partial charge on any atom is 0.425 e. The monoisotopic (exact) mass is 698 g/mol. The van der Waals surface area contributed by atoms with Crippen molar-refractivity contribution in [2.45, 2.75) is 110 Å². The SMILES string of the molecule is CCCCCCCCCCCCC(=O)Oc1ccc(-c2ccc(C(=O)Oc3ccc(C(=O)O[C@H](CCCOCC)C(F)(F)F)cc3)cc2)cc1. The first-order valence-corrected chi connectivity index (χ1v) is 17.7. The molecule has 50 heavy (non-hydrogen) atoms. The van der Waals surface area contributed by atoms with Crippen molar-refractivity contribution in [3.63, 3.8) is 0 Å². The van der Waals surface area contributed by atoms with Gasteiger partial charge < -0.3 is 18.9 Å². The first-order chi connectivity index (χ1) is 24.1. The Morgan fingerprint density at radius 3 is 1.64 bits per heavy atom. The summed E-state index contributed by atoms with van der Waals surface area (Å²) in [6.07, 6.45) is 5.11. The van der Waals surface area contributed by atoms with Crippen LogP contribution in [0, 0.1) is 0 Å². The molecule has 0 unspecified atom stereocenters. The highest BCUT2D eigenvalue weighted by Crippen LogP contribution is 2.28. The number of esters is 3. The molecule has 0 radical (unpaired) electrons. The molecule has 272 valence electrons. The van der Waals surface area contributed by atoms with E-state index in [0.29, 0.717) is 18.8 Å². The van der Waals surface area contributed by atoms with Crippen LogP contribution in [0.4, 0.5) is 13.2 Å². The fourth-order valence-electron chi connectivity index (χ4n) is 5.28. The molecule has 0 heterocycles. The number of carbonyl (C=O) groups excluding carboxylic acids is 3. The van der Waals surface area contributed by atoms with Gasteiger partial charge in [-0.25, -0.2) is 9.59 Å². The van der Waals surface area contributed by atoms with Crippen LogP contribution in [0.1, 0.15) is 118 Å². The lowest BCUT2D eigenvalue weighted by molar-refractivity contribution is -0.206. The second-order valence-electron chi connectivity index (χ2n) is 12.2. The van der Waals surface area contributed by atoms with Crippen LogP contribution < -0.4 is 9.47 Å².